The van der Waals surface area contributed by atoms with Crippen molar-refractivity contribution < 1.29 is 4.79 Å². The largest absolute Gasteiger partial charge is 0.307 e. The Balaban J connectivity index is 2.06. The van der Waals surface area contributed by atoms with E-state index in [0.29, 0.717) is 11.7 Å². The van der Waals surface area contributed by atoms with Crippen molar-refractivity contribution >= 4 is 5.78 Å². The van der Waals surface area contributed by atoms with Crippen LogP contribution in [0.1, 0.15) is 13.3 Å². The van der Waals surface area contributed by atoms with Crippen molar-refractivity contribution in [2.75, 3.05) is 6.54 Å². The summed E-state index contributed by atoms with van der Waals surface area (Å²) >= 11 is 0. The van der Waals surface area contributed by atoms with Crippen LogP contribution in [0.2, 0.25) is 0 Å². The van der Waals surface area contributed by atoms with Crippen molar-refractivity contribution in [2.24, 2.45) is 11.8 Å². The molecule has 1 aliphatic carbocycles. The minimum atomic E-state index is 0.218. The summed E-state index contributed by atoms with van der Waals surface area (Å²) in [5.41, 5.74) is 0. The van der Waals surface area contributed by atoms with Crippen LogP contribution >= 0.6 is 0 Å². The van der Waals surface area contributed by atoms with E-state index in [1.807, 2.05) is 0 Å². The zero-order valence-electron chi connectivity index (χ0n) is 5.55. The molecule has 2 heteroatoms. The zero-order valence-corrected chi connectivity index (χ0v) is 5.55. The molecule has 0 amide bonds. The third-order valence-electron chi connectivity index (χ3n) is 2.44. The molecule has 1 unspecified atom stereocenters. The molecule has 0 aromatic carbocycles. The molecule has 0 bridgehead atoms. The molecule has 2 rings (SSSR count). The second-order valence-electron chi connectivity index (χ2n) is 3.16. The number of carbonyl (C=O) groups is 1. The van der Waals surface area contributed by atoms with E-state index in [4.69, 9.17) is 0 Å². The van der Waals surface area contributed by atoms with Gasteiger partial charge in [-0.2, -0.15) is 0 Å². The highest BCUT2D eigenvalue weighted by Crippen LogP contribution is 2.45. The molecule has 9 heavy (non-hydrogen) atoms. The first-order valence-corrected chi connectivity index (χ1v) is 3.53. The molecule has 1 N–H and O–H groups in total. The Bertz CT molecular complexity index is 155. The van der Waals surface area contributed by atoms with Crippen LogP contribution in [0.4, 0.5) is 0 Å². The summed E-state index contributed by atoms with van der Waals surface area (Å²) in [7, 11) is 0. The van der Waals surface area contributed by atoms with Gasteiger partial charge in [0.1, 0.15) is 5.78 Å². The van der Waals surface area contributed by atoms with E-state index < -0.39 is 0 Å². The zero-order chi connectivity index (χ0) is 6.43. The number of rotatable bonds is 1. The molecule has 0 radical (unpaired) electrons. The summed E-state index contributed by atoms with van der Waals surface area (Å²) in [4.78, 5) is 10.8. The normalized spacial score (nSPS) is 46.6. The van der Waals surface area contributed by atoms with Crippen LogP contribution in [-0.4, -0.2) is 18.4 Å². The lowest BCUT2D eigenvalue weighted by molar-refractivity contribution is -0.119. The lowest BCUT2D eigenvalue weighted by atomic mass is 10.1. The number of piperidine rings is 1. The highest BCUT2D eigenvalue weighted by molar-refractivity contribution is 5.82. The number of ketones is 1. The first-order chi connectivity index (χ1) is 4.29. The first-order valence-electron chi connectivity index (χ1n) is 3.53. The first kappa shape index (κ1) is 5.42. The fourth-order valence-electron chi connectivity index (χ4n) is 1.79. The smallest absolute Gasteiger partial charge is 0.146 e. The molecule has 0 aromatic heterocycles. The van der Waals surface area contributed by atoms with Gasteiger partial charge in [0.25, 0.3) is 0 Å². The van der Waals surface area contributed by atoms with Crippen LogP contribution in [0.5, 0.6) is 0 Å². The Morgan fingerprint density at radius 1 is 1.67 bits per heavy atom. The van der Waals surface area contributed by atoms with Crippen molar-refractivity contribution in [3.8, 4) is 0 Å². The van der Waals surface area contributed by atoms with E-state index in [2.05, 4.69) is 5.32 Å². The molecule has 2 nitrogen and oxygen atoms in total. The summed E-state index contributed by atoms with van der Waals surface area (Å²) in [6.45, 7) is 2.76. The molecular formula is C7H11NO. The monoisotopic (exact) mass is 125 g/mol. The molecule has 1 saturated carbocycles. The molecule has 1 saturated heterocycles. The number of hydrogen-bond acceptors (Lipinski definition) is 2. The fraction of sp³-hybridized carbons (Fsp3) is 0.857. The Labute approximate surface area is 54.6 Å². The minimum Gasteiger partial charge on any atom is -0.307 e. The summed E-state index contributed by atoms with van der Waals surface area (Å²) in [5.74, 6) is 1.88. The SMILES string of the molecule is CC(=O)[C@H]1NCC2C[C@H]21. The fourth-order valence-corrected chi connectivity index (χ4v) is 1.79. The maximum absolute atomic E-state index is 10.8. The van der Waals surface area contributed by atoms with Gasteiger partial charge in [0.15, 0.2) is 0 Å². The summed E-state index contributed by atoms with van der Waals surface area (Å²) in [6.07, 6.45) is 1.29. The Morgan fingerprint density at radius 3 is 2.67 bits per heavy atom. The van der Waals surface area contributed by atoms with E-state index in [1.165, 1.54) is 6.42 Å². The third-order valence-corrected chi connectivity index (χ3v) is 2.44. The second-order valence-corrected chi connectivity index (χ2v) is 3.16. The summed E-state index contributed by atoms with van der Waals surface area (Å²) in [6, 6.07) is 0.218. The minimum absolute atomic E-state index is 0.218. The van der Waals surface area contributed by atoms with E-state index in [9.17, 15) is 4.79 Å². The second kappa shape index (κ2) is 1.57. The molecule has 2 aliphatic rings. The molecule has 3 atom stereocenters. The van der Waals surface area contributed by atoms with Gasteiger partial charge in [-0.3, -0.25) is 4.79 Å². The van der Waals surface area contributed by atoms with Gasteiger partial charge in [0.05, 0.1) is 6.04 Å². The Morgan fingerprint density at radius 2 is 2.44 bits per heavy atom. The lowest BCUT2D eigenvalue weighted by Crippen LogP contribution is -2.32. The quantitative estimate of drug-likeness (QED) is 0.541. The summed E-state index contributed by atoms with van der Waals surface area (Å²) in [5, 5.41) is 3.21. The van der Waals surface area contributed by atoms with Crippen LogP contribution in [0.3, 0.4) is 0 Å². The maximum Gasteiger partial charge on any atom is 0.146 e. The Hall–Kier alpha value is -0.370. The van der Waals surface area contributed by atoms with Crippen LogP contribution < -0.4 is 5.32 Å². The van der Waals surface area contributed by atoms with E-state index in [-0.39, 0.29) is 6.04 Å². The highest BCUT2D eigenvalue weighted by Gasteiger charge is 2.49. The van der Waals surface area contributed by atoms with E-state index in [1.54, 1.807) is 6.92 Å². The van der Waals surface area contributed by atoms with Gasteiger partial charge >= 0.3 is 0 Å². The lowest BCUT2D eigenvalue weighted by Gasteiger charge is -2.06. The number of hydrogen-bond donors (Lipinski definition) is 1. The maximum atomic E-state index is 10.8. The molecule has 50 valence electrons. The van der Waals surface area contributed by atoms with E-state index in [0.717, 1.165) is 12.5 Å². The van der Waals surface area contributed by atoms with Gasteiger partial charge in [-0.05, 0) is 31.7 Å². The molecule has 2 fully saturated rings. The summed E-state index contributed by atoms with van der Waals surface area (Å²) < 4.78 is 0. The molecule has 1 aliphatic heterocycles. The van der Waals surface area contributed by atoms with Crippen molar-refractivity contribution in [2.45, 2.75) is 19.4 Å². The highest BCUT2D eigenvalue weighted by atomic mass is 16.1. The van der Waals surface area contributed by atoms with Gasteiger partial charge < -0.3 is 5.32 Å². The standard InChI is InChI=1S/C7H11NO/c1-4(9)7-6-2-5(6)3-8-7/h5-8H,2-3H2,1H3/t5?,6-,7-/m1/s1. The average Bonchev–Trinajstić information content (AvgIpc) is 2.43. The van der Waals surface area contributed by atoms with Gasteiger partial charge in [0.2, 0.25) is 0 Å². The van der Waals surface area contributed by atoms with Crippen LogP contribution in [0, 0.1) is 11.8 Å². The van der Waals surface area contributed by atoms with Gasteiger partial charge in [-0.1, -0.05) is 0 Å². The molecule has 0 aromatic rings. The Kier molecular flexibility index (Phi) is 0.943. The van der Waals surface area contributed by atoms with Gasteiger partial charge in [0, 0.05) is 0 Å². The van der Waals surface area contributed by atoms with Crippen molar-refractivity contribution in [3.63, 3.8) is 0 Å². The predicted octanol–water partition coefficient (Wildman–Crippen LogP) is 0.183. The molecule has 1 heterocycles. The van der Waals surface area contributed by atoms with Gasteiger partial charge in [-0.15, -0.1) is 0 Å². The van der Waals surface area contributed by atoms with Crippen molar-refractivity contribution in [3.05, 3.63) is 0 Å². The molecular weight excluding hydrogens is 114 g/mol. The average molecular weight is 125 g/mol. The number of nitrogens with one attached hydrogen (secondary N) is 1. The van der Waals surface area contributed by atoms with Crippen LogP contribution in [0.25, 0.3) is 0 Å². The van der Waals surface area contributed by atoms with Crippen molar-refractivity contribution in [1.29, 1.82) is 0 Å². The molecule has 0 spiro atoms. The number of carbonyl (C=O) groups excluding carboxylic acids is 1. The third kappa shape index (κ3) is 0.697. The topological polar surface area (TPSA) is 29.1 Å². The number of fused-ring (bicyclic) bond motifs is 1. The van der Waals surface area contributed by atoms with Crippen LogP contribution in [0.15, 0.2) is 0 Å². The van der Waals surface area contributed by atoms with Crippen LogP contribution in [-0.2, 0) is 4.79 Å². The predicted molar refractivity (Wildman–Crippen MR) is 34.1 cm³/mol. The van der Waals surface area contributed by atoms with E-state index >= 15 is 0 Å². The van der Waals surface area contributed by atoms with Gasteiger partial charge in [-0.25, -0.2) is 0 Å². The number of Topliss-reactive ketones (excluding diaryl/α,β-unsaturated/α-hetero) is 1. The van der Waals surface area contributed by atoms with Crippen molar-refractivity contribution in [1.82, 2.24) is 5.32 Å².